The zero-order valence-electron chi connectivity index (χ0n) is 16.6. The van der Waals surface area contributed by atoms with Crippen LogP contribution in [-0.2, 0) is 16.8 Å². The Labute approximate surface area is 166 Å². The van der Waals surface area contributed by atoms with Crippen LogP contribution < -0.4 is 4.90 Å². The summed E-state index contributed by atoms with van der Waals surface area (Å²) in [6.45, 7) is 8.39. The zero-order chi connectivity index (χ0) is 20.1. The molecule has 28 heavy (non-hydrogen) atoms. The average Bonchev–Trinajstić information content (AvgIpc) is 2.96. The van der Waals surface area contributed by atoms with Crippen molar-refractivity contribution in [1.82, 2.24) is 4.90 Å². The summed E-state index contributed by atoms with van der Waals surface area (Å²) in [5.74, 6) is -0.106. The van der Waals surface area contributed by atoms with E-state index in [1.54, 1.807) is 12.1 Å². The number of hydrogen-bond donors (Lipinski definition) is 1. The third kappa shape index (κ3) is 4.20. The summed E-state index contributed by atoms with van der Waals surface area (Å²) in [4.78, 5) is 13.4. The van der Waals surface area contributed by atoms with Gasteiger partial charge in [-0.05, 0) is 69.1 Å². The topological polar surface area (TPSA) is 43.8 Å². The van der Waals surface area contributed by atoms with Crippen LogP contribution >= 0.6 is 0 Å². The number of halogens is 1. The van der Waals surface area contributed by atoms with Gasteiger partial charge in [0.05, 0.1) is 0 Å². The number of nitrogens with zero attached hydrogens (tertiary/aromatic N) is 2. The standard InChI is InChI=1S/C22H27FN2.CH2O2/c1-17(2)24-12-10-22(11-13-24)16-25(15-18-6-4-3-5-7-18)21-9-8-19(23)14-20(21)22;2-1-3/h3-9,14,17H,10-13,15-16H2,1-2H3;1H,(H,2,3). The zero-order valence-corrected chi connectivity index (χ0v) is 16.6. The van der Waals surface area contributed by atoms with Crippen molar-refractivity contribution in [1.29, 1.82) is 0 Å². The number of carboxylic acid groups (broad SMARTS) is 1. The molecule has 150 valence electrons. The molecular formula is C23H29FN2O2. The lowest BCUT2D eigenvalue weighted by Crippen LogP contribution is -2.47. The first kappa shape index (κ1) is 20.3. The summed E-state index contributed by atoms with van der Waals surface area (Å²) >= 11 is 0. The van der Waals surface area contributed by atoms with Crippen molar-refractivity contribution < 1.29 is 14.3 Å². The van der Waals surface area contributed by atoms with E-state index in [0.29, 0.717) is 6.04 Å². The van der Waals surface area contributed by atoms with Crippen LogP contribution in [0, 0.1) is 5.82 Å². The van der Waals surface area contributed by atoms with Crippen LogP contribution in [0.15, 0.2) is 48.5 Å². The highest BCUT2D eigenvalue weighted by molar-refractivity contribution is 5.63. The molecule has 2 aliphatic heterocycles. The number of benzene rings is 2. The maximum Gasteiger partial charge on any atom is 0.290 e. The number of rotatable bonds is 3. The molecule has 2 aliphatic rings. The summed E-state index contributed by atoms with van der Waals surface area (Å²) in [6, 6.07) is 16.6. The number of likely N-dealkylation sites (tertiary alicyclic amines) is 1. The van der Waals surface area contributed by atoms with Gasteiger partial charge in [-0.2, -0.15) is 0 Å². The Hall–Kier alpha value is -2.40. The van der Waals surface area contributed by atoms with E-state index >= 15 is 0 Å². The second kappa shape index (κ2) is 8.74. The highest BCUT2D eigenvalue weighted by Gasteiger charge is 2.44. The molecule has 0 aliphatic carbocycles. The van der Waals surface area contributed by atoms with Gasteiger partial charge in [0.1, 0.15) is 5.82 Å². The second-order valence-corrected chi connectivity index (χ2v) is 8.02. The first-order chi connectivity index (χ1) is 13.5. The van der Waals surface area contributed by atoms with E-state index in [-0.39, 0.29) is 17.7 Å². The van der Waals surface area contributed by atoms with E-state index in [1.165, 1.54) is 16.8 Å². The average molecular weight is 384 g/mol. The van der Waals surface area contributed by atoms with E-state index in [4.69, 9.17) is 9.90 Å². The maximum atomic E-state index is 14.0. The van der Waals surface area contributed by atoms with Gasteiger partial charge < -0.3 is 14.9 Å². The predicted molar refractivity (Wildman–Crippen MR) is 110 cm³/mol. The molecule has 4 rings (SSSR count). The molecule has 4 nitrogen and oxygen atoms in total. The Bertz CT molecular complexity index is 786. The van der Waals surface area contributed by atoms with E-state index in [1.807, 2.05) is 6.07 Å². The Morgan fingerprint density at radius 1 is 1.14 bits per heavy atom. The fourth-order valence-corrected chi connectivity index (χ4v) is 4.59. The van der Waals surface area contributed by atoms with Crippen LogP contribution in [0.5, 0.6) is 0 Å². The van der Waals surface area contributed by atoms with Gasteiger partial charge in [0.2, 0.25) is 0 Å². The molecular weight excluding hydrogens is 355 g/mol. The summed E-state index contributed by atoms with van der Waals surface area (Å²) in [6.07, 6.45) is 2.24. The van der Waals surface area contributed by atoms with Crippen molar-refractivity contribution in [3.8, 4) is 0 Å². The summed E-state index contributed by atoms with van der Waals surface area (Å²) in [7, 11) is 0. The Morgan fingerprint density at radius 2 is 1.79 bits per heavy atom. The lowest BCUT2D eigenvalue weighted by molar-refractivity contribution is -0.122. The molecule has 1 saturated heterocycles. The van der Waals surface area contributed by atoms with Crippen LogP contribution in [0.4, 0.5) is 10.1 Å². The van der Waals surface area contributed by atoms with Gasteiger partial charge in [-0.1, -0.05) is 30.3 Å². The maximum absolute atomic E-state index is 14.0. The fourth-order valence-electron chi connectivity index (χ4n) is 4.59. The van der Waals surface area contributed by atoms with Crippen LogP contribution in [0.3, 0.4) is 0 Å². The monoisotopic (exact) mass is 384 g/mol. The molecule has 2 aromatic carbocycles. The quantitative estimate of drug-likeness (QED) is 0.802. The molecule has 0 saturated carbocycles. The molecule has 0 atom stereocenters. The summed E-state index contributed by atoms with van der Waals surface area (Å²) in [5.41, 5.74) is 3.88. The molecule has 2 heterocycles. The SMILES string of the molecule is CC(C)N1CCC2(CC1)CN(Cc1ccccc1)c1ccc(F)cc12.O=CO. The highest BCUT2D eigenvalue weighted by atomic mass is 19.1. The lowest BCUT2D eigenvalue weighted by atomic mass is 9.74. The second-order valence-electron chi connectivity index (χ2n) is 8.02. The molecule has 0 amide bonds. The van der Waals surface area contributed by atoms with Gasteiger partial charge in [0, 0.05) is 30.2 Å². The Kier molecular flexibility index (Phi) is 6.35. The molecule has 1 spiro atoms. The summed E-state index contributed by atoms with van der Waals surface area (Å²) in [5, 5.41) is 6.89. The first-order valence-corrected chi connectivity index (χ1v) is 9.90. The van der Waals surface area contributed by atoms with Crippen molar-refractivity contribution in [2.24, 2.45) is 0 Å². The minimum atomic E-state index is -0.250. The van der Waals surface area contributed by atoms with E-state index in [2.05, 4.69) is 54.0 Å². The largest absolute Gasteiger partial charge is 0.483 e. The van der Waals surface area contributed by atoms with Crippen molar-refractivity contribution in [3.63, 3.8) is 0 Å². The molecule has 2 aromatic rings. The number of piperidine rings is 1. The van der Waals surface area contributed by atoms with Crippen LogP contribution in [0.2, 0.25) is 0 Å². The molecule has 0 unspecified atom stereocenters. The Balaban J connectivity index is 0.000000706. The van der Waals surface area contributed by atoms with E-state index < -0.39 is 0 Å². The highest BCUT2D eigenvalue weighted by Crippen LogP contribution is 2.47. The van der Waals surface area contributed by atoms with Gasteiger partial charge in [0.25, 0.3) is 6.47 Å². The number of anilines is 1. The predicted octanol–water partition coefficient (Wildman–Crippen LogP) is 4.29. The smallest absolute Gasteiger partial charge is 0.290 e. The van der Waals surface area contributed by atoms with Crippen molar-refractivity contribution in [3.05, 3.63) is 65.5 Å². The fraction of sp³-hybridized carbons (Fsp3) is 0.435. The molecule has 0 aromatic heterocycles. The molecule has 0 radical (unpaired) electrons. The summed E-state index contributed by atoms with van der Waals surface area (Å²) < 4.78 is 14.0. The van der Waals surface area contributed by atoms with Crippen molar-refractivity contribution >= 4 is 12.2 Å². The first-order valence-electron chi connectivity index (χ1n) is 9.90. The third-order valence-electron chi connectivity index (χ3n) is 6.07. The van der Waals surface area contributed by atoms with Gasteiger partial charge in [-0.25, -0.2) is 4.39 Å². The van der Waals surface area contributed by atoms with Gasteiger partial charge in [-0.3, -0.25) is 4.79 Å². The van der Waals surface area contributed by atoms with Gasteiger partial charge in [-0.15, -0.1) is 0 Å². The number of hydrogen-bond acceptors (Lipinski definition) is 3. The van der Waals surface area contributed by atoms with Gasteiger partial charge in [0.15, 0.2) is 0 Å². The van der Waals surface area contributed by atoms with Crippen molar-refractivity contribution in [2.75, 3.05) is 24.5 Å². The minimum absolute atomic E-state index is 0.106. The van der Waals surface area contributed by atoms with Crippen LogP contribution in [0.25, 0.3) is 0 Å². The third-order valence-corrected chi connectivity index (χ3v) is 6.07. The lowest BCUT2D eigenvalue weighted by Gasteiger charge is -2.41. The minimum Gasteiger partial charge on any atom is -0.483 e. The number of fused-ring (bicyclic) bond motifs is 2. The number of carbonyl (C=O) groups is 1. The normalized spacial score (nSPS) is 17.9. The van der Waals surface area contributed by atoms with Crippen LogP contribution in [-0.4, -0.2) is 42.2 Å². The molecule has 1 N–H and O–H groups in total. The van der Waals surface area contributed by atoms with E-state index in [9.17, 15) is 4.39 Å². The molecule has 0 bridgehead atoms. The van der Waals surface area contributed by atoms with Crippen LogP contribution in [0.1, 0.15) is 37.8 Å². The Morgan fingerprint density at radius 3 is 2.39 bits per heavy atom. The molecule has 1 fully saturated rings. The molecule has 5 heteroatoms. The van der Waals surface area contributed by atoms with Gasteiger partial charge >= 0.3 is 0 Å². The van der Waals surface area contributed by atoms with E-state index in [0.717, 1.165) is 39.0 Å². The van der Waals surface area contributed by atoms with Crippen molar-refractivity contribution in [2.45, 2.75) is 44.7 Å².